The van der Waals surface area contributed by atoms with E-state index in [4.69, 9.17) is 23.2 Å². The maximum absolute atomic E-state index is 6.31. The van der Waals surface area contributed by atoms with Crippen LogP contribution in [0.3, 0.4) is 0 Å². The summed E-state index contributed by atoms with van der Waals surface area (Å²) in [7, 11) is 0. The molecule has 1 aromatic carbocycles. The molecule has 0 amide bonds. The lowest BCUT2D eigenvalue weighted by atomic mass is 10.1. The molecule has 0 fully saturated rings. The zero-order valence-electron chi connectivity index (χ0n) is 9.43. The Hall–Kier alpha value is -1.65. The van der Waals surface area contributed by atoms with Crippen molar-refractivity contribution in [3.8, 4) is 11.1 Å². The number of halogens is 2. The first kappa shape index (κ1) is 11.4. The highest BCUT2D eigenvalue weighted by Gasteiger charge is 2.15. The van der Waals surface area contributed by atoms with E-state index in [1.54, 1.807) is 0 Å². The molecule has 3 aromatic rings. The predicted octanol–water partition coefficient (Wildman–Crippen LogP) is 3.41. The molecule has 6 heteroatoms. The fraction of sp³-hybridized carbons (Fsp3) is 0.0833. The van der Waals surface area contributed by atoms with E-state index in [-0.39, 0.29) is 0 Å². The molecule has 0 aliphatic rings. The van der Waals surface area contributed by atoms with Crippen molar-refractivity contribution in [1.82, 2.24) is 19.6 Å². The van der Waals surface area contributed by atoms with Crippen LogP contribution in [-0.4, -0.2) is 19.6 Å². The van der Waals surface area contributed by atoms with Crippen LogP contribution in [0.25, 0.3) is 16.9 Å². The molecule has 0 aliphatic heterocycles. The molecule has 0 N–H and O–H groups in total. The third-order valence-electron chi connectivity index (χ3n) is 2.63. The minimum Gasteiger partial charge on any atom is -0.198 e. The first-order chi connectivity index (χ1) is 8.66. The number of rotatable bonds is 1. The Balaban J connectivity index is 2.34. The van der Waals surface area contributed by atoms with Gasteiger partial charge in [-0.1, -0.05) is 53.0 Å². The summed E-state index contributed by atoms with van der Waals surface area (Å²) < 4.78 is 1.46. The fourth-order valence-electron chi connectivity index (χ4n) is 1.82. The molecule has 0 unspecified atom stereocenters. The Morgan fingerprint density at radius 3 is 2.83 bits per heavy atom. The topological polar surface area (TPSA) is 43.1 Å². The maximum atomic E-state index is 6.31. The minimum absolute atomic E-state index is 0.325. The van der Waals surface area contributed by atoms with Gasteiger partial charge in [0.05, 0.1) is 5.56 Å². The smallest absolute Gasteiger partial charge is 0.198 e. The van der Waals surface area contributed by atoms with Crippen LogP contribution in [0.1, 0.15) is 5.56 Å². The van der Waals surface area contributed by atoms with Gasteiger partial charge in [0, 0.05) is 0 Å². The SMILES string of the molecule is Cc1cccc(-c2c(Cl)nc3ncnn3c2Cl)c1. The molecule has 2 aromatic heterocycles. The summed E-state index contributed by atoms with van der Waals surface area (Å²) in [4.78, 5) is 8.14. The molecule has 2 heterocycles. The summed E-state index contributed by atoms with van der Waals surface area (Å²) in [5.41, 5.74) is 2.70. The molecule has 0 spiro atoms. The lowest BCUT2D eigenvalue weighted by Crippen LogP contribution is -1.97. The van der Waals surface area contributed by atoms with Crippen LogP contribution >= 0.6 is 23.2 Å². The average Bonchev–Trinajstić information content (AvgIpc) is 2.77. The van der Waals surface area contributed by atoms with E-state index in [9.17, 15) is 0 Å². The van der Waals surface area contributed by atoms with E-state index in [1.165, 1.54) is 10.8 Å². The number of nitrogens with zero attached hydrogens (tertiary/aromatic N) is 4. The lowest BCUT2D eigenvalue weighted by Gasteiger charge is -2.08. The van der Waals surface area contributed by atoms with Crippen molar-refractivity contribution in [2.45, 2.75) is 6.92 Å². The number of fused-ring (bicyclic) bond motifs is 1. The molecule has 0 saturated heterocycles. The Morgan fingerprint density at radius 1 is 1.22 bits per heavy atom. The third kappa shape index (κ3) is 1.74. The molecule has 0 atom stereocenters. The van der Waals surface area contributed by atoms with Crippen LogP contribution < -0.4 is 0 Å². The van der Waals surface area contributed by atoms with Crippen LogP contribution in [0, 0.1) is 6.92 Å². The number of aryl methyl sites for hydroxylation is 1. The van der Waals surface area contributed by atoms with E-state index in [1.807, 2.05) is 31.2 Å². The first-order valence-electron chi connectivity index (χ1n) is 5.28. The van der Waals surface area contributed by atoms with E-state index in [0.717, 1.165) is 11.1 Å². The zero-order chi connectivity index (χ0) is 12.7. The highest BCUT2D eigenvalue weighted by atomic mass is 35.5. The van der Waals surface area contributed by atoms with Gasteiger partial charge in [-0.25, -0.2) is 0 Å². The lowest BCUT2D eigenvalue weighted by molar-refractivity contribution is 0.942. The van der Waals surface area contributed by atoms with Crippen molar-refractivity contribution >= 4 is 29.0 Å². The van der Waals surface area contributed by atoms with Crippen molar-refractivity contribution in [2.24, 2.45) is 0 Å². The summed E-state index contributed by atoms with van der Waals surface area (Å²) in [6, 6.07) is 7.89. The molecule has 18 heavy (non-hydrogen) atoms. The maximum Gasteiger partial charge on any atom is 0.255 e. The molecule has 3 rings (SSSR count). The Bertz CT molecular complexity index is 736. The van der Waals surface area contributed by atoms with Crippen molar-refractivity contribution in [3.63, 3.8) is 0 Å². The van der Waals surface area contributed by atoms with Gasteiger partial charge >= 0.3 is 0 Å². The standard InChI is InChI=1S/C12H8Cl2N4/c1-7-3-2-4-8(5-7)9-10(13)17-12-15-6-16-18(12)11(9)14/h2-6H,1H3. The second kappa shape index (κ2) is 4.23. The normalized spacial score (nSPS) is 11.1. The van der Waals surface area contributed by atoms with Crippen molar-refractivity contribution in [1.29, 1.82) is 0 Å². The highest BCUT2D eigenvalue weighted by molar-refractivity contribution is 6.38. The summed E-state index contributed by atoms with van der Waals surface area (Å²) in [6.45, 7) is 2.01. The van der Waals surface area contributed by atoms with Gasteiger partial charge in [0.15, 0.2) is 0 Å². The van der Waals surface area contributed by atoms with Crippen LogP contribution in [0.4, 0.5) is 0 Å². The van der Waals surface area contributed by atoms with Gasteiger partial charge in [0.2, 0.25) is 0 Å². The number of hydrogen-bond donors (Lipinski definition) is 0. The van der Waals surface area contributed by atoms with Crippen LogP contribution in [0.5, 0.6) is 0 Å². The van der Waals surface area contributed by atoms with Crippen LogP contribution in [-0.2, 0) is 0 Å². The van der Waals surface area contributed by atoms with Gasteiger partial charge in [-0.15, -0.1) is 0 Å². The molecular weight excluding hydrogens is 271 g/mol. The fourth-order valence-corrected chi connectivity index (χ4v) is 2.46. The second-order valence-corrected chi connectivity index (χ2v) is 4.63. The molecule has 90 valence electrons. The van der Waals surface area contributed by atoms with Gasteiger partial charge in [-0.2, -0.15) is 19.6 Å². The molecular formula is C12H8Cl2N4. The van der Waals surface area contributed by atoms with Gasteiger partial charge in [0.25, 0.3) is 5.78 Å². The van der Waals surface area contributed by atoms with Crippen molar-refractivity contribution < 1.29 is 0 Å². The number of hydrogen-bond acceptors (Lipinski definition) is 3. The predicted molar refractivity (Wildman–Crippen MR) is 71.0 cm³/mol. The first-order valence-corrected chi connectivity index (χ1v) is 6.04. The third-order valence-corrected chi connectivity index (χ3v) is 3.26. The summed E-state index contributed by atoms with van der Waals surface area (Å²) in [5.74, 6) is 0.390. The minimum atomic E-state index is 0.325. The quantitative estimate of drug-likeness (QED) is 0.641. The highest BCUT2D eigenvalue weighted by Crippen LogP contribution is 2.33. The van der Waals surface area contributed by atoms with Crippen molar-refractivity contribution in [2.75, 3.05) is 0 Å². The molecule has 0 bridgehead atoms. The molecule has 4 nitrogen and oxygen atoms in total. The van der Waals surface area contributed by atoms with Gasteiger partial charge < -0.3 is 0 Å². The van der Waals surface area contributed by atoms with Crippen LogP contribution in [0.2, 0.25) is 10.3 Å². The largest absolute Gasteiger partial charge is 0.255 e. The molecule has 0 saturated carbocycles. The van der Waals surface area contributed by atoms with E-state index in [0.29, 0.717) is 21.6 Å². The Morgan fingerprint density at radius 2 is 2.06 bits per heavy atom. The van der Waals surface area contributed by atoms with E-state index >= 15 is 0 Å². The van der Waals surface area contributed by atoms with Gasteiger partial charge in [-0.3, -0.25) is 0 Å². The summed E-state index contributed by atoms with van der Waals surface area (Å²) in [6.07, 6.45) is 1.39. The molecule has 0 aliphatic carbocycles. The second-order valence-electron chi connectivity index (χ2n) is 3.91. The summed E-state index contributed by atoms with van der Waals surface area (Å²) in [5, 5.41) is 4.76. The van der Waals surface area contributed by atoms with Crippen molar-refractivity contribution in [3.05, 3.63) is 46.5 Å². The Kier molecular flexibility index (Phi) is 2.69. The summed E-state index contributed by atoms with van der Waals surface area (Å²) >= 11 is 12.5. The van der Waals surface area contributed by atoms with Crippen LogP contribution in [0.15, 0.2) is 30.6 Å². The zero-order valence-corrected chi connectivity index (χ0v) is 10.9. The number of benzene rings is 1. The number of aromatic nitrogens is 4. The average molecular weight is 279 g/mol. The monoisotopic (exact) mass is 278 g/mol. The molecule has 0 radical (unpaired) electrons. The van der Waals surface area contributed by atoms with Gasteiger partial charge in [-0.05, 0) is 12.5 Å². The van der Waals surface area contributed by atoms with Gasteiger partial charge in [0.1, 0.15) is 16.6 Å². The van der Waals surface area contributed by atoms with E-state index in [2.05, 4.69) is 15.1 Å². The van der Waals surface area contributed by atoms with E-state index < -0.39 is 0 Å². The Labute approximate surface area is 113 Å².